The fraction of sp³-hybridized carbons (Fsp3) is 0.833. The summed E-state index contributed by atoms with van der Waals surface area (Å²) in [5.41, 5.74) is 0. The summed E-state index contributed by atoms with van der Waals surface area (Å²) in [5, 5.41) is 0.667. The predicted molar refractivity (Wildman–Crippen MR) is 33.2 cm³/mol. The Bertz CT molecular complexity index is 217. The van der Waals surface area contributed by atoms with Crippen molar-refractivity contribution in [2.75, 3.05) is 6.54 Å². The van der Waals surface area contributed by atoms with Gasteiger partial charge in [-0.25, -0.2) is 9.18 Å². The molecule has 1 aliphatic heterocycles. The minimum absolute atomic E-state index is 0.303. The molecule has 0 saturated carbocycles. The Morgan fingerprint density at radius 2 is 2.08 bits per heavy atom. The number of hydrogen-bond donors (Lipinski definition) is 0. The molecule has 3 nitrogen and oxygen atoms in total. The van der Waals surface area contributed by atoms with E-state index in [1.807, 2.05) is 0 Å². The molecule has 13 heavy (non-hydrogen) atoms. The summed E-state index contributed by atoms with van der Waals surface area (Å²) in [6, 6.07) is -0.800. The fourth-order valence-corrected chi connectivity index (χ4v) is 0.812. The normalized spacial score (nSPS) is 29.6. The van der Waals surface area contributed by atoms with Crippen molar-refractivity contribution in [1.82, 2.24) is 5.06 Å². The van der Waals surface area contributed by atoms with Gasteiger partial charge in [0.25, 0.3) is 0 Å². The molecule has 0 unspecified atom stereocenters. The van der Waals surface area contributed by atoms with Crippen molar-refractivity contribution in [3.05, 3.63) is 0 Å². The van der Waals surface area contributed by atoms with Gasteiger partial charge in [-0.05, 0) is 6.92 Å². The van der Waals surface area contributed by atoms with Crippen LogP contribution in [0.5, 0.6) is 0 Å². The van der Waals surface area contributed by atoms with Crippen molar-refractivity contribution in [3.63, 3.8) is 0 Å². The van der Waals surface area contributed by atoms with E-state index in [2.05, 4.69) is 4.84 Å². The predicted octanol–water partition coefficient (Wildman–Crippen LogP) is 1.05. The summed E-state index contributed by atoms with van der Waals surface area (Å²) in [4.78, 5) is 14.1. The van der Waals surface area contributed by atoms with E-state index in [-0.39, 0.29) is 6.54 Å². The topological polar surface area (TPSA) is 29.5 Å². The zero-order valence-corrected chi connectivity index (χ0v) is 6.64. The van der Waals surface area contributed by atoms with Gasteiger partial charge in [0.05, 0.1) is 12.6 Å². The lowest BCUT2D eigenvalue weighted by Gasteiger charge is -2.39. The van der Waals surface area contributed by atoms with E-state index in [1.54, 1.807) is 0 Å². The third kappa shape index (κ3) is 2.09. The summed E-state index contributed by atoms with van der Waals surface area (Å²) in [7, 11) is 0. The molecule has 0 aliphatic carbocycles. The zero-order valence-electron chi connectivity index (χ0n) is 6.64. The van der Waals surface area contributed by atoms with Crippen LogP contribution in [0.15, 0.2) is 0 Å². The standard InChI is InChI=1S/C6H7F4NO2/c1-3-4(7)2-11(3)13-5(12)6(8,9)10/h3-4H,2H2,1H3/t3-,4-/m0/s1. The molecule has 0 spiro atoms. The molecule has 0 N–H and O–H groups in total. The van der Waals surface area contributed by atoms with E-state index in [0.29, 0.717) is 5.06 Å². The first kappa shape index (κ1) is 10.2. The van der Waals surface area contributed by atoms with Gasteiger partial charge in [0.15, 0.2) is 0 Å². The number of carbonyl (C=O) groups is 1. The second kappa shape index (κ2) is 3.13. The third-order valence-electron chi connectivity index (χ3n) is 1.76. The molecular formula is C6H7F4NO2. The van der Waals surface area contributed by atoms with E-state index in [4.69, 9.17) is 0 Å². The van der Waals surface area contributed by atoms with Gasteiger partial charge >= 0.3 is 12.1 Å². The van der Waals surface area contributed by atoms with Gasteiger partial charge in [-0.15, -0.1) is 5.06 Å². The monoisotopic (exact) mass is 201 g/mol. The van der Waals surface area contributed by atoms with Crippen molar-refractivity contribution in [1.29, 1.82) is 0 Å². The van der Waals surface area contributed by atoms with Gasteiger partial charge in [0.1, 0.15) is 6.17 Å². The van der Waals surface area contributed by atoms with E-state index >= 15 is 0 Å². The molecule has 76 valence electrons. The summed E-state index contributed by atoms with van der Waals surface area (Å²) < 4.78 is 47.2. The molecule has 1 saturated heterocycles. The second-order valence-electron chi connectivity index (χ2n) is 2.73. The molecule has 7 heteroatoms. The van der Waals surface area contributed by atoms with Gasteiger partial charge in [-0.2, -0.15) is 13.2 Å². The average molecular weight is 201 g/mol. The van der Waals surface area contributed by atoms with E-state index in [1.165, 1.54) is 6.92 Å². The van der Waals surface area contributed by atoms with Gasteiger partial charge < -0.3 is 4.84 Å². The lowest BCUT2D eigenvalue weighted by Crippen LogP contribution is -2.57. The smallest absolute Gasteiger partial charge is 0.360 e. The Morgan fingerprint density at radius 3 is 2.38 bits per heavy atom. The van der Waals surface area contributed by atoms with E-state index in [9.17, 15) is 22.4 Å². The fourth-order valence-electron chi connectivity index (χ4n) is 0.812. The molecule has 0 aromatic heterocycles. The van der Waals surface area contributed by atoms with E-state index in [0.717, 1.165) is 0 Å². The lowest BCUT2D eigenvalue weighted by molar-refractivity contribution is -0.274. The van der Waals surface area contributed by atoms with Gasteiger partial charge in [0.2, 0.25) is 0 Å². The molecule has 0 bridgehead atoms. The van der Waals surface area contributed by atoms with Crippen LogP contribution in [0.3, 0.4) is 0 Å². The van der Waals surface area contributed by atoms with Crippen LogP contribution in [-0.2, 0) is 9.63 Å². The highest BCUT2D eigenvalue weighted by Gasteiger charge is 2.46. The number of hydrogen-bond acceptors (Lipinski definition) is 3. The maximum atomic E-state index is 12.4. The van der Waals surface area contributed by atoms with Crippen LogP contribution >= 0.6 is 0 Å². The van der Waals surface area contributed by atoms with Gasteiger partial charge in [-0.3, -0.25) is 0 Å². The van der Waals surface area contributed by atoms with Crippen LogP contribution in [0.4, 0.5) is 17.6 Å². The highest BCUT2D eigenvalue weighted by atomic mass is 19.4. The van der Waals surface area contributed by atoms with Crippen LogP contribution in [-0.4, -0.2) is 36.0 Å². The minimum Gasteiger partial charge on any atom is -0.360 e. The highest BCUT2D eigenvalue weighted by Crippen LogP contribution is 2.24. The SMILES string of the molecule is C[C@H]1[C@@H](F)CN1OC(=O)C(F)(F)F. The summed E-state index contributed by atoms with van der Waals surface area (Å²) in [6.07, 6.45) is -6.26. The van der Waals surface area contributed by atoms with Crippen molar-refractivity contribution in [2.45, 2.75) is 25.3 Å². The third-order valence-corrected chi connectivity index (χ3v) is 1.76. The number of hydroxylamine groups is 2. The number of alkyl halides is 4. The maximum Gasteiger partial charge on any atom is 0.492 e. The molecule has 1 rings (SSSR count). The van der Waals surface area contributed by atoms with Gasteiger partial charge in [-0.1, -0.05) is 0 Å². The maximum absolute atomic E-state index is 12.4. The second-order valence-corrected chi connectivity index (χ2v) is 2.73. The molecule has 1 fully saturated rings. The average Bonchev–Trinajstić information content (AvgIpc) is 2.01. The van der Waals surface area contributed by atoms with Crippen LogP contribution in [0.2, 0.25) is 0 Å². The van der Waals surface area contributed by atoms with Crippen LogP contribution in [0.25, 0.3) is 0 Å². The Kier molecular flexibility index (Phi) is 2.47. The van der Waals surface area contributed by atoms with E-state index < -0.39 is 24.4 Å². The molecule has 0 amide bonds. The molecule has 1 aliphatic rings. The van der Waals surface area contributed by atoms with Crippen molar-refractivity contribution in [3.8, 4) is 0 Å². The number of carbonyl (C=O) groups excluding carboxylic acids is 1. The lowest BCUT2D eigenvalue weighted by atomic mass is 10.1. The molecule has 0 aromatic rings. The largest absolute Gasteiger partial charge is 0.492 e. The zero-order chi connectivity index (χ0) is 10.2. The highest BCUT2D eigenvalue weighted by molar-refractivity contribution is 5.75. The van der Waals surface area contributed by atoms with Crippen LogP contribution in [0.1, 0.15) is 6.92 Å². The molecular weight excluding hydrogens is 194 g/mol. The van der Waals surface area contributed by atoms with Crippen molar-refractivity contribution >= 4 is 5.97 Å². The molecule has 2 atom stereocenters. The first-order valence-electron chi connectivity index (χ1n) is 3.52. The Labute approximate surface area is 71.2 Å². The first-order valence-corrected chi connectivity index (χ1v) is 3.52. The summed E-state index contributed by atoms with van der Waals surface area (Å²) >= 11 is 0. The number of halogens is 4. The molecule has 0 radical (unpaired) electrons. The minimum atomic E-state index is -5.03. The Balaban J connectivity index is 2.39. The van der Waals surface area contributed by atoms with Crippen LogP contribution in [0, 0.1) is 0 Å². The van der Waals surface area contributed by atoms with Crippen molar-refractivity contribution in [2.24, 2.45) is 0 Å². The number of nitrogens with zero attached hydrogens (tertiary/aromatic N) is 1. The Hall–Kier alpha value is -0.850. The van der Waals surface area contributed by atoms with Crippen LogP contribution < -0.4 is 0 Å². The summed E-state index contributed by atoms with van der Waals surface area (Å²) in [5.74, 6) is -2.31. The number of rotatable bonds is 1. The quantitative estimate of drug-likeness (QED) is 0.594. The summed E-state index contributed by atoms with van der Waals surface area (Å²) in [6.45, 7) is 1.03. The Morgan fingerprint density at radius 1 is 1.54 bits per heavy atom. The van der Waals surface area contributed by atoms with Crippen molar-refractivity contribution < 1.29 is 27.2 Å². The molecule has 1 heterocycles. The van der Waals surface area contributed by atoms with Gasteiger partial charge in [0, 0.05) is 0 Å². The first-order chi connectivity index (χ1) is 5.82. The molecule has 0 aromatic carbocycles.